The Morgan fingerprint density at radius 1 is 1.03 bits per heavy atom. The summed E-state index contributed by atoms with van der Waals surface area (Å²) in [4.78, 5) is 12.6. The van der Waals surface area contributed by atoms with Crippen LogP contribution in [0.1, 0.15) is 16.7 Å². The van der Waals surface area contributed by atoms with Crippen molar-refractivity contribution in [2.45, 2.75) is 13.5 Å². The number of nitrogens with one attached hydrogen (secondary N) is 1. The Kier molecular flexibility index (Phi) is 7.59. The maximum absolute atomic E-state index is 12.6. The minimum absolute atomic E-state index is 0.107. The van der Waals surface area contributed by atoms with E-state index in [0.717, 1.165) is 5.56 Å². The second kappa shape index (κ2) is 10.4. The van der Waals surface area contributed by atoms with Crippen LogP contribution in [0.2, 0.25) is 15.1 Å². The molecule has 0 saturated heterocycles. The Balaban J connectivity index is 1.80. The van der Waals surface area contributed by atoms with E-state index in [1.807, 2.05) is 36.4 Å². The van der Waals surface area contributed by atoms with Crippen LogP contribution >= 0.6 is 34.8 Å². The molecule has 0 bridgehead atoms. The maximum atomic E-state index is 12.6. The van der Waals surface area contributed by atoms with Crippen LogP contribution in [0.5, 0.6) is 5.75 Å². The molecule has 0 heterocycles. The minimum atomic E-state index is -0.565. The molecule has 3 aromatic rings. The number of nitrogens with zero attached hydrogens (tertiary/aromatic N) is 1. The Morgan fingerprint density at radius 3 is 2.35 bits per heavy atom. The molecular weight excluding hydrogens is 455 g/mol. The zero-order valence-corrected chi connectivity index (χ0v) is 18.7. The van der Waals surface area contributed by atoms with Crippen molar-refractivity contribution in [3.05, 3.63) is 98.0 Å². The van der Waals surface area contributed by atoms with Gasteiger partial charge in [0.2, 0.25) is 0 Å². The Hall–Kier alpha value is -2.97. The zero-order chi connectivity index (χ0) is 22.4. The molecule has 0 atom stereocenters. The van der Waals surface area contributed by atoms with E-state index in [0.29, 0.717) is 34.2 Å². The number of hydrogen-bond acceptors (Lipinski definition) is 3. The number of nitriles is 1. The van der Waals surface area contributed by atoms with Gasteiger partial charge < -0.3 is 10.1 Å². The molecule has 3 rings (SSSR count). The van der Waals surface area contributed by atoms with E-state index in [-0.39, 0.29) is 15.6 Å². The summed E-state index contributed by atoms with van der Waals surface area (Å²) in [6, 6.07) is 19.8. The highest BCUT2D eigenvalue weighted by atomic mass is 35.5. The fourth-order valence-corrected chi connectivity index (χ4v) is 3.57. The van der Waals surface area contributed by atoms with E-state index >= 15 is 0 Å². The highest BCUT2D eigenvalue weighted by molar-refractivity contribution is 6.37. The summed E-state index contributed by atoms with van der Waals surface area (Å²) in [6.07, 6.45) is 1.41. The lowest BCUT2D eigenvalue weighted by molar-refractivity contribution is -0.112. The van der Waals surface area contributed by atoms with Gasteiger partial charge in [0.05, 0.1) is 10.0 Å². The second-order valence-electron chi connectivity index (χ2n) is 6.62. The van der Waals surface area contributed by atoms with Gasteiger partial charge in [-0.3, -0.25) is 4.79 Å². The number of amides is 1. The quantitative estimate of drug-likeness (QED) is 0.308. The molecule has 0 saturated carbocycles. The van der Waals surface area contributed by atoms with Crippen molar-refractivity contribution in [1.82, 2.24) is 0 Å². The first-order valence-electron chi connectivity index (χ1n) is 9.23. The van der Waals surface area contributed by atoms with E-state index in [4.69, 9.17) is 39.5 Å². The van der Waals surface area contributed by atoms with Gasteiger partial charge >= 0.3 is 0 Å². The third-order valence-electron chi connectivity index (χ3n) is 4.44. The van der Waals surface area contributed by atoms with Crippen molar-refractivity contribution in [3.63, 3.8) is 0 Å². The Bertz CT molecular complexity index is 1160. The standard InChI is InChI=1S/C24H17Cl3N2O2/c1-15-19(25)8-5-9-22(15)29-24(30)18(13-28)10-17-11-20(26)23(21(27)12-17)31-14-16-6-3-2-4-7-16/h2-12H,14H2,1H3,(H,29,30)/b18-10-. The van der Waals surface area contributed by atoms with E-state index < -0.39 is 5.91 Å². The molecule has 0 aliphatic rings. The molecule has 156 valence electrons. The number of halogens is 3. The molecule has 0 aromatic heterocycles. The van der Waals surface area contributed by atoms with Crippen molar-refractivity contribution in [2.24, 2.45) is 0 Å². The fourth-order valence-electron chi connectivity index (χ4n) is 2.78. The number of anilines is 1. The number of ether oxygens (including phenoxy) is 1. The Morgan fingerprint density at radius 2 is 1.71 bits per heavy atom. The summed E-state index contributed by atoms with van der Waals surface area (Å²) in [7, 11) is 0. The van der Waals surface area contributed by atoms with Gasteiger partial charge in [0.25, 0.3) is 5.91 Å². The molecule has 0 unspecified atom stereocenters. The highest BCUT2D eigenvalue weighted by Crippen LogP contribution is 2.35. The average molecular weight is 472 g/mol. The average Bonchev–Trinajstić information content (AvgIpc) is 2.75. The van der Waals surface area contributed by atoms with E-state index in [1.165, 1.54) is 6.08 Å². The fraction of sp³-hybridized carbons (Fsp3) is 0.0833. The summed E-state index contributed by atoms with van der Waals surface area (Å²) in [5.74, 6) is -0.230. The molecule has 31 heavy (non-hydrogen) atoms. The topological polar surface area (TPSA) is 62.1 Å². The summed E-state index contributed by atoms with van der Waals surface area (Å²) >= 11 is 18.8. The van der Waals surface area contributed by atoms with Crippen LogP contribution in [0.3, 0.4) is 0 Å². The molecule has 7 heteroatoms. The zero-order valence-electron chi connectivity index (χ0n) is 16.5. The van der Waals surface area contributed by atoms with Crippen LogP contribution in [-0.4, -0.2) is 5.91 Å². The molecule has 0 aliphatic carbocycles. The second-order valence-corrected chi connectivity index (χ2v) is 7.85. The van der Waals surface area contributed by atoms with Crippen LogP contribution in [0.4, 0.5) is 5.69 Å². The van der Waals surface area contributed by atoms with Gasteiger partial charge in [0.15, 0.2) is 5.75 Å². The lowest BCUT2D eigenvalue weighted by atomic mass is 10.1. The molecule has 0 aliphatic heterocycles. The molecule has 0 radical (unpaired) electrons. The summed E-state index contributed by atoms with van der Waals surface area (Å²) < 4.78 is 5.75. The van der Waals surface area contributed by atoms with Crippen LogP contribution in [0, 0.1) is 18.3 Å². The molecule has 0 spiro atoms. The van der Waals surface area contributed by atoms with Crippen LogP contribution < -0.4 is 10.1 Å². The molecule has 1 amide bonds. The van der Waals surface area contributed by atoms with Gasteiger partial charge in [-0.2, -0.15) is 5.26 Å². The van der Waals surface area contributed by atoms with Gasteiger partial charge in [-0.05, 0) is 54.0 Å². The number of hydrogen-bond donors (Lipinski definition) is 1. The molecule has 1 N–H and O–H groups in total. The lowest BCUT2D eigenvalue weighted by Crippen LogP contribution is -2.14. The summed E-state index contributed by atoms with van der Waals surface area (Å²) in [5, 5.41) is 13.2. The number of rotatable bonds is 6. The summed E-state index contributed by atoms with van der Waals surface area (Å²) in [5.41, 5.74) is 2.60. The van der Waals surface area contributed by atoms with Gasteiger partial charge in [-0.15, -0.1) is 0 Å². The highest BCUT2D eigenvalue weighted by Gasteiger charge is 2.14. The van der Waals surface area contributed by atoms with Crippen LogP contribution in [-0.2, 0) is 11.4 Å². The Labute approximate surface area is 195 Å². The number of carbonyl (C=O) groups excluding carboxylic acids is 1. The molecule has 3 aromatic carbocycles. The van der Waals surface area contributed by atoms with Crippen molar-refractivity contribution in [1.29, 1.82) is 5.26 Å². The van der Waals surface area contributed by atoms with Gasteiger partial charge in [-0.1, -0.05) is 71.2 Å². The SMILES string of the molecule is Cc1c(Cl)cccc1NC(=O)/C(C#N)=C\c1cc(Cl)c(OCc2ccccc2)c(Cl)c1. The van der Waals surface area contributed by atoms with Gasteiger partial charge in [-0.25, -0.2) is 0 Å². The van der Waals surface area contributed by atoms with Gasteiger partial charge in [0.1, 0.15) is 18.2 Å². The maximum Gasteiger partial charge on any atom is 0.266 e. The first-order valence-corrected chi connectivity index (χ1v) is 10.4. The predicted octanol–water partition coefficient (Wildman–Crippen LogP) is 7.08. The summed E-state index contributed by atoms with van der Waals surface area (Å²) in [6.45, 7) is 2.09. The number of benzene rings is 3. The third kappa shape index (κ3) is 5.80. The predicted molar refractivity (Wildman–Crippen MR) is 126 cm³/mol. The van der Waals surface area contributed by atoms with E-state index in [2.05, 4.69) is 5.32 Å². The third-order valence-corrected chi connectivity index (χ3v) is 5.41. The monoisotopic (exact) mass is 470 g/mol. The minimum Gasteiger partial charge on any atom is -0.486 e. The van der Waals surface area contributed by atoms with Gasteiger partial charge in [0, 0.05) is 10.7 Å². The van der Waals surface area contributed by atoms with Crippen molar-refractivity contribution in [3.8, 4) is 11.8 Å². The lowest BCUT2D eigenvalue weighted by Gasteiger charge is -2.11. The first-order chi connectivity index (χ1) is 14.9. The normalized spacial score (nSPS) is 11.0. The van der Waals surface area contributed by atoms with Crippen molar-refractivity contribution < 1.29 is 9.53 Å². The van der Waals surface area contributed by atoms with Crippen molar-refractivity contribution >= 4 is 52.5 Å². The molecule has 0 fully saturated rings. The first kappa shape index (κ1) is 22.7. The van der Waals surface area contributed by atoms with E-state index in [9.17, 15) is 10.1 Å². The largest absolute Gasteiger partial charge is 0.486 e. The number of carbonyl (C=O) groups is 1. The van der Waals surface area contributed by atoms with Crippen LogP contribution in [0.15, 0.2) is 66.2 Å². The molecule has 4 nitrogen and oxygen atoms in total. The van der Waals surface area contributed by atoms with Crippen LogP contribution in [0.25, 0.3) is 6.08 Å². The van der Waals surface area contributed by atoms with E-state index in [1.54, 1.807) is 37.3 Å². The van der Waals surface area contributed by atoms with Crippen molar-refractivity contribution in [2.75, 3.05) is 5.32 Å². The smallest absolute Gasteiger partial charge is 0.266 e. The molecular formula is C24H17Cl3N2O2.